The zero-order valence-electron chi connectivity index (χ0n) is 14.6. The standard InChI is InChI=1S/C19H20N4O3/c1-13(18-11-15-5-3-4-6-17(15)26-18)22-19(20-2)21-12-14-7-9-16(10-8-14)23(24)25/h3-11,13H,12H2,1-2H3,(H2,20,21,22). The lowest BCUT2D eigenvalue weighted by Crippen LogP contribution is -2.38. The third kappa shape index (κ3) is 4.00. The predicted molar refractivity (Wildman–Crippen MR) is 101 cm³/mol. The van der Waals surface area contributed by atoms with Crippen LogP contribution in [0, 0.1) is 10.1 Å². The predicted octanol–water partition coefficient (Wildman–Crippen LogP) is 3.77. The van der Waals surface area contributed by atoms with Gasteiger partial charge in [-0.3, -0.25) is 15.1 Å². The van der Waals surface area contributed by atoms with Crippen LogP contribution < -0.4 is 10.6 Å². The van der Waals surface area contributed by atoms with E-state index in [4.69, 9.17) is 4.42 Å². The Bertz CT molecular complexity index is 898. The molecule has 0 radical (unpaired) electrons. The number of nitrogens with one attached hydrogen (secondary N) is 2. The second-order valence-corrected chi connectivity index (χ2v) is 5.90. The fourth-order valence-electron chi connectivity index (χ4n) is 2.61. The number of nitro groups is 1. The minimum absolute atomic E-state index is 0.0644. The van der Waals surface area contributed by atoms with Crippen LogP contribution in [0.5, 0.6) is 0 Å². The highest BCUT2D eigenvalue weighted by molar-refractivity contribution is 5.81. The first-order valence-electron chi connectivity index (χ1n) is 8.26. The molecule has 1 aromatic heterocycles. The summed E-state index contributed by atoms with van der Waals surface area (Å²) in [4.78, 5) is 14.5. The van der Waals surface area contributed by atoms with Crippen LogP contribution in [0.1, 0.15) is 24.3 Å². The Labute approximate surface area is 150 Å². The van der Waals surface area contributed by atoms with E-state index in [9.17, 15) is 10.1 Å². The smallest absolute Gasteiger partial charge is 0.269 e. The van der Waals surface area contributed by atoms with Gasteiger partial charge in [-0.25, -0.2) is 0 Å². The lowest BCUT2D eigenvalue weighted by Gasteiger charge is -2.16. The van der Waals surface area contributed by atoms with Crippen LogP contribution >= 0.6 is 0 Å². The lowest BCUT2D eigenvalue weighted by molar-refractivity contribution is -0.384. The SMILES string of the molecule is CN=C(NCc1ccc([N+](=O)[O-])cc1)NC(C)c1cc2ccccc2o1. The highest BCUT2D eigenvalue weighted by Crippen LogP contribution is 2.23. The molecule has 0 amide bonds. The first-order chi connectivity index (χ1) is 12.6. The summed E-state index contributed by atoms with van der Waals surface area (Å²) in [5, 5.41) is 18.2. The van der Waals surface area contributed by atoms with Gasteiger partial charge in [0.25, 0.3) is 5.69 Å². The van der Waals surface area contributed by atoms with Crippen LogP contribution in [0.2, 0.25) is 0 Å². The number of rotatable bonds is 5. The summed E-state index contributed by atoms with van der Waals surface area (Å²) in [6, 6.07) is 16.2. The third-order valence-electron chi connectivity index (χ3n) is 4.06. The first-order valence-corrected chi connectivity index (χ1v) is 8.26. The number of nitrogens with zero attached hydrogens (tertiary/aromatic N) is 2. The minimum Gasteiger partial charge on any atom is -0.459 e. The molecule has 3 aromatic rings. The molecule has 1 unspecified atom stereocenters. The van der Waals surface area contributed by atoms with Crippen LogP contribution in [0.3, 0.4) is 0 Å². The molecule has 26 heavy (non-hydrogen) atoms. The normalized spacial score (nSPS) is 12.8. The Balaban J connectivity index is 1.61. The van der Waals surface area contributed by atoms with Crippen molar-refractivity contribution in [2.45, 2.75) is 19.5 Å². The summed E-state index contributed by atoms with van der Waals surface area (Å²) < 4.78 is 5.86. The zero-order valence-corrected chi connectivity index (χ0v) is 14.6. The maximum Gasteiger partial charge on any atom is 0.269 e. The molecule has 3 rings (SSSR count). The lowest BCUT2D eigenvalue weighted by atomic mass is 10.2. The van der Waals surface area contributed by atoms with E-state index in [1.54, 1.807) is 19.2 Å². The second-order valence-electron chi connectivity index (χ2n) is 5.90. The van der Waals surface area contributed by atoms with Crippen LogP contribution in [0.4, 0.5) is 5.69 Å². The average Bonchev–Trinajstić information content (AvgIpc) is 3.09. The third-order valence-corrected chi connectivity index (χ3v) is 4.06. The van der Waals surface area contributed by atoms with Crippen molar-refractivity contribution in [3.8, 4) is 0 Å². The molecule has 134 valence electrons. The Morgan fingerprint density at radius 2 is 1.96 bits per heavy atom. The van der Waals surface area contributed by atoms with Crippen molar-refractivity contribution in [3.05, 3.63) is 76.0 Å². The Morgan fingerprint density at radius 1 is 1.23 bits per heavy atom. The molecule has 0 aliphatic rings. The van der Waals surface area contributed by atoms with Gasteiger partial charge >= 0.3 is 0 Å². The van der Waals surface area contributed by atoms with Gasteiger partial charge in [-0.15, -0.1) is 0 Å². The van der Waals surface area contributed by atoms with Crippen LogP contribution in [-0.4, -0.2) is 17.9 Å². The summed E-state index contributed by atoms with van der Waals surface area (Å²) in [7, 11) is 1.69. The Morgan fingerprint density at radius 3 is 2.62 bits per heavy atom. The molecule has 0 saturated heterocycles. The molecular weight excluding hydrogens is 332 g/mol. The maximum absolute atomic E-state index is 10.7. The molecule has 1 atom stereocenters. The number of fused-ring (bicyclic) bond motifs is 1. The van der Waals surface area contributed by atoms with E-state index in [0.29, 0.717) is 12.5 Å². The molecule has 0 spiro atoms. The van der Waals surface area contributed by atoms with Crippen LogP contribution in [-0.2, 0) is 6.54 Å². The van der Waals surface area contributed by atoms with Crippen molar-refractivity contribution in [2.75, 3.05) is 7.05 Å². The number of benzene rings is 2. The van der Waals surface area contributed by atoms with Gasteiger partial charge in [-0.05, 0) is 24.6 Å². The monoisotopic (exact) mass is 352 g/mol. The first kappa shape index (κ1) is 17.5. The maximum atomic E-state index is 10.7. The van der Waals surface area contributed by atoms with Gasteiger partial charge in [-0.2, -0.15) is 0 Å². The molecule has 0 aliphatic carbocycles. The number of guanidine groups is 1. The van der Waals surface area contributed by atoms with Gasteiger partial charge in [0.05, 0.1) is 11.0 Å². The molecule has 0 aliphatic heterocycles. The van der Waals surface area contributed by atoms with Crippen LogP contribution in [0.15, 0.2) is 64.0 Å². The van der Waals surface area contributed by atoms with Gasteiger partial charge in [0.1, 0.15) is 11.3 Å². The fourth-order valence-corrected chi connectivity index (χ4v) is 2.61. The highest BCUT2D eigenvalue weighted by atomic mass is 16.6. The van der Waals surface area contributed by atoms with Gasteiger partial charge < -0.3 is 15.1 Å². The highest BCUT2D eigenvalue weighted by Gasteiger charge is 2.13. The molecule has 2 N–H and O–H groups in total. The molecule has 0 saturated carbocycles. The largest absolute Gasteiger partial charge is 0.459 e. The van der Waals surface area contributed by atoms with Gasteiger partial charge in [0.15, 0.2) is 5.96 Å². The van der Waals surface area contributed by atoms with Gasteiger partial charge in [-0.1, -0.05) is 30.3 Å². The van der Waals surface area contributed by atoms with Crippen molar-refractivity contribution in [2.24, 2.45) is 4.99 Å². The van der Waals surface area contributed by atoms with Gasteiger partial charge in [0.2, 0.25) is 0 Å². The number of nitro benzene ring substituents is 1. The topological polar surface area (TPSA) is 92.7 Å². The summed E-state index contributed by atoms with van der Waals surface area (Å²) >= 11 is 0. The molecule has 2 aromatic carbocycles. The molecule has 1 heterocycles. The summed E-state index contributed by atoms with van der Waals surface area (Å²) in [6.45, 7) is 2.50. The van der Waals surface area contributed by atoms with Crippen molar-refractivity contribution in [1.82, 2.24) is 10.6 Å². The second kappa shape index (κ2) is 7.69. The summed E-state index contributed by atoms with van der Waals surface area (Å²) in [5.74, 6) is 1.45. The number of hydrogen-bond donors (Lipinski definition) is 2. The van der Waals surface area contributed by atoms with Crippen molar-refractivity contribution in [3.63, 3.8) is 0 Å². The number of para-hydroxylation sites is 1. The number of hydrogen-bond acceptors (Lipinski definition) is 4. The number of aliphatic imine (C=N–C) groups is 1. The summed E-state index contributed by atoms with van der Waals surface area (Å²) in [5.41, 5.74) is 1.86. The van der Waals surface area contributed by atoms with Gasteiger partial charge in [0, 0.05) is 31.1 Å². The molecular formula is C19H20N4O3. The van der Waals surface area contributed by atoms with E-state index in [1.165, 1.54) is 12.1 Å². The Kier molecular flexibility index (Phi) is 5.17. The van der Waals surface area contributed by atoms with E-state index in [-0.39, 0.29) is 11.7 Å². The average molecular weight is 352 g/mol. The number of non-ortho nitro benzene ring substituents is 1. The quantitative estimate of drug-likeness (QED) is 0.316. The molecule has 0 bridgehead atoms. The van der Waals surface area contributed by atoms with E-state index >= 15 is 0 Å². The van der Waals surface area contributed by atoms with Crippen LogP contribution in [0.25, 0.3) is 11.0 Å². The van der Waals surface area contributed by atoms with E-state index in [2.05, 4.69) is 15.6 Å². The van der Waals surface area contributed by atoms with E-state index in [1.807, 2.05) is 37.3 Å². The molecule has 7 nitrogen and oxygen atoms in total. The fraction of sp³-hybridized carbons (Fsp3) is 0.211. The van der Waals surface area contributed by atoms with E-state index < -0.39 is 4.92 Å². The van der Waals surface area contributed by atoms with Crippen molar-refractivity contribution < 1.29 is 9.34 Å². The van der Waals surface area contributed by atoms with Crippen molar-refractivity contribution >= 4 is 22.6 Å². The minimum atomic E-state index is -0.410. The number of furan rings is 1. The molecule has 7 heteroatoms. The van der Waals surface area contributed by atoms with Crippen molar-refractivity contribution in [1.29, 1.82) is 0 Å². The van der Waals surface area contributed by atoms with E-state index in [0.717, 1.165) is 22.3 Å². The zero-order chi connectivity index (χ0) is 18.5. The summed E-state index contributed by atoms with van der Waals surface area (Å²) in [6.07, 6.45) is 0. The Hall–Kier alpha value is -3.35. The molecule has 0 fully saturated rings.